The number of hydrogen-bond acceptors (Lipinski definition) is 2. The Bertz CT molecular complexity index is 227. The monoisotopic (exact) mass is 180 g/mol. The van der Waals surface area contributed by atoms with Gasteiger partial charge in [0.2, 0.25) is 5.91 Å². The number of carbonyl (C=O) groups excluding carboxylic acids is 1. The summed E-state index contributed by atoms with van der Waals surface area (Å²) in [5.41, 5.74) is 0. The molecule has 1 heterocycles. The SMILES string of the molecule is CC#CCCN1CCCNCC1=O. The van der Waals surface area contributed by atoms with Gasteiger partial charge in [0.1, 0.15) is 0 Å². The Morgan fingerprint density at radius 2 is 2.46 bits per heavy atom. The van der Waals surface area contributed by atoms with Crippen LogP contribution in [-0.2, 0) is 4.79 Å². The van der Waals surface area contributed by atoms with Gasteiger partial charge in [-0.2, -0.15) is 0 Å². The van der Waals surface area contributed by atoms with Crippen LogP contribution < -0.4 is 5.32 Å². The maximum Gasteiger partial charge on any atom is 0.236 e. The van der Waals surface area contributed by atoms with Gasteiger partial charge in [-0.1, -0.05) is 0 Å². The van der Waals surface area contributed by atoms with Gasteiger partial charge in [0.15, 0.2) is 0 Å². The summed E-state index contributed by atoms with van der Waals surface area (Å²) in [4.78, 5) is 13.3. The summed E-state index contributed by atoms with van der Waals surface area (Å²) in [6.07, 6.45) is 1.84. The number of hydrogen-bond donors (Lipinski definition) is 1. The summed E-state index contributed by atoms with van der Waals surface area (Å²) in [5, 5.41) is 3.09. The van der Waals surface area contributed by atoms with Gasteiger partial charge >= 0.3 is 0 Å². The lowest BCUT2D eigenvalue weighted by atomic mass is 10.3. The molecule has 1 rings (SSSR count). The number of nitrogens with zero attached hydrogens (tertiary/aromatic N) is 1. The molecule has 0 aromatic carbocycles. The highest BCUT2D eigenvalue weighted by Gasteiger charge is 2.14. The third kappa shape index (κ3) is 3.47. The second-order valence-electron chi connectivity index (χ2n) is 3.09. The maximum absolute atomic E-state index is 11.4. The number of nitrogens with one attached hydrogen (secondary N) is 1. The summed E-state index contributed by atoms with van der Waals surface area (Å²) in [7, 11) is 0. The molecule has 0 aliphatic carbocycles. The molecule has 1 aliphatic rings. The first-order chi connectivity index (χ1) is 6.34. The van der Waals surface area contributed by atoms with Crippen LogP contribution in [0, 0.1) is 11.8 Å². The van der Waals surface area contributed by atoms with Crippen LogP contribution in [-0.4, -0.2) is 37.0 Å². The Balaban J connectivity index is 2.34. The van der Waals surface area contributed by atoms with Crippen LogP contribution in [0.4, 0.5) is 0 Å². The van der Waals surface area contributed by atoms with E-state index in [-0.39, 0.29) is 5.91 Å². The van der Waals surface area contributed by atoms with Crippen LogP contribution in [0.15, 0.2) is 0 Å². The Morgan fingerprint density at radius 1 is 1.62 bits per heavy atom. The second kappa shape index (κ2) is 5.60. The second-order valence-corrected chi connectivity index (χ2v) is 3.09. The molecule has 1 N–H and O–H groups in total. The number of amides is 1. The van der Waals surface area contributed by atoms with E-state index in [4.69, 9.17) is 0 Å². The normalized spacial score (nSPS) is 17.6. The minimum atomic E-state index is 0.204. The minimum absolute atomic E-state index is 0.204. The van der Waals surface area contributed by atoms with Crippen LogP contribution in [0.5, 0.6) is 0 Å². The largest absolute Gasteiger partial charge is 0.341 e. The van der Waals surface area contributed by atoms with Gasteiger partial charge in [-0.3, -0.25) is 4.79 Å². The van der Waals surface area contributed by atoms with Crippen LogP contribution in [0.2, 0.25) is 0 Å². The van der Waals surface area contributed by atoms with Crippen molar-refractivity contribution in [3.05, 3.63) is 0 Å². The molecule has 1 fully saturated rings. The summed E-state index contributed by atoms with van der Waals surface area (Å²) in [6.45, 7) is 4.91. The summed E-state index contributed by atoms with van der Waals surface area (Å²) < 4.78 is 0. The third-order valence-electron chi connectivity index (χ3n) is 2.09. The third-order valence-corrected chi connectivity index (χ3v) is 2.09. The van der Waals surface area contributed by atoms with E-state index in [0.29, 0.717) is 6.54 Å². The Morgan fingerprint density at radius 3 is 3.23 bits per heavy atom. The van der Waals surface area contributed by atoms with Crippen molar-refractivity contribution in [3.63, 3.8) is 0 Å². The highest BCUT2D eigenvalue weighted by atomic mass is 16.2. The van der Waals surface area contributed by atoms with E-state index in [0.717, 1.165) is 32.5 Å². The van der Waals surface area contributed by atoms with Gasteiger partial charge in [0.05, 0.1) is 6.54 Å². The van der Waals surface area contributed by atoms with Crippen molar-refractivity contribution in [2.75, 3.05) is 26.2 Å². The minimum Gasteiger partial charge on any atom is -0.341 e. The van der Waals surface area contributed by atoms with Crippen molar-refractivity contribution >= 4 is 5.91 Å². The van der Waals surface area contributed by atoms with Gasteiger partial charge in [0.25, 0.3) is 0 Å². The standard InChI is InChI=1S/C10H16N2O/c1-2-3-4-7-12-8-5-6-11-9-10(12)13/h11H,4-9H2,1H3. The van der Waals surface area contributed by atoms with E-state index in [9.17, 15) is 4.79 Å². The molecule has 1 saturated heterocycles. The molecule has 0 radical (unpaired) electrons. The quantitative estimate of drug-likeness (QED) is 0.617. The highest BCUT2D eigenvalue weighted by molar-refractivity contribution is 5.78. The van der Waals surface area contributed by atoms with E-state index in [2.05, 4.69) is 17.2 Å². The van der Waals surface area contributed by atoms with Crippen LogP contribution in [0.25, 0.3) is 0 Å². The zero-order valence-corrected chi connectivity index (χ0v) is 8.10. The van der Waals surface area contributed by atoms with Gasteiger partial charge in [-0.15, -0.1) is 11.8 Å². The van der Waals surface area contributed by atoms with Crippen molar-refractivity contribution < 1.29 is 4.79 Å². The zero-order valence-electron chi connectivity index (χ0n) is 8.10. The molecular weight excluding hydrogens is 164 g/mol. The molecule has 0 spiro atoms. The van der Waals surface area contributed by atoms with Gasteiger partial charge in [0, 0.05) is 19.5 Å². The molecule has 0 aromatic heterocycles. The molecule has 1 aliphatic heterocycles. The lowest BCUT2D eigenvalue weighted by Gasteiger charge is -2.18. The molecule has 1 amide bonds. The number of carbonyl (C=O) groups is 1. The fourth-order valence-corrected chi connectivity index (χ4v) is 1.38. The van der Waals surface area contributed by atoms with E-state index >= 15 is 0 Å². The molecule has 72 valence electrons. The topological polar surface area (TPSA) is 32.3 Å². The lowest BCUT2D eigenvalue weighted by molar-refractivity contribution is -0.129. The molecule has 3 nitrogen and oxygen atoms in total. The fourth-order valence-electron chi connectivity index (χ4n) is 1.38. The predicted octanol–water partition coefficient (Wildman–Crippen LogP) is 0.222. The first-order valence-electron chi connectivity index (χ1n) is 4.72. The number of rotatable bonds is 2. The summed E-state index contributed by atoms with van der Waals surface area (Å²) in [6, 6.07) is 0. The Labute approximate surface area is 79.5 Å². The van der Waals surface area contributed by atoms with Gasteiger partial charge in [-0.25, -0.2) is 0 Å². The lowest BCUT2D eigenvalue weighted by Crippen LogP contribution is -2.35. The van der Waals surface area contributed by atoms with Gasteiger partial charge < -0.3 is 10.2 Å². The van der Waals surface area contributed by atoms with E-state index in [1.165, 1.54) is 0 Å². The Hall–Kier alpha value is -1.01. The highest BCUT2D eigenvalue weighted by Crippen LogP contribution is 1.97. The maximum atomic E-state index is 11.4. The van der Waals surface area contributed by atoms with Crippen molar-refractivity contribution in [2.24, 2.45) is 0 Å². The zero-order chi connectivity index (χ0) is 9.52. The van der Waals surface area contributed by atoms with E-state index in [1.807, 2.05) is 11.8 Å². The van der Waals surface area contributed by atoms with E-state index < -0.39 is 0 Å². The first kappa shape index (κ1) is 10.1. The van der Waals surface area contributed by atoms with Crippen LogP contribution in [0.1, 0.15) is 19.8 Å². The molecule has 0 unspecified atom stereocenters. The van der Waals surface area contributed by atoms with Gasteiger partial charge in [-0.05, 0) is 19.9 Å². The molecular formula is C10H16N2O. The summed E-state index contributed by atoms with van der Waals surface area (Å²) in [5.74, 6) is 6.01. The molecule has 0 atom stereocenters. The fraction of sp³-hybridized carbons (Fsp3) is 0.700. The Kier molecular flexibility index (Phi) is 4.34. The average Bonchev–Trinajstić information content (AvgIpc) is 2.32. The molecule has 0 bridgehead atoms. The molecule has 13 heavy (non-hydrogen) atoms. The van der Waals surface area contributed by atoms with Crippen molar-refractivity contribution in [1.29, 1.82) is 0 Å². The van der Waals surface area contributed by atoms with Crippen molar-refractivity contribution in [2.45, 2.75) is 19.8 Å². The molecule has 0 saturated carbocycles. The van der Waals surface area contributed by atoms with Crippen LogP contribution in [0.3, 0.4) is 0 Å². The van der Waals surface area contributed by atoms with Crippen molar-refractivity contribution in [1.82, 2.24) is 10.2 Å². The first-order valence-corrected chi connectivity index (χ1v) is 4.72. The van der Waals surface area contributed by atoms with E-state index in [1.54, 1.807) is 0 Å². The average molecular weight is 180 g/mol. The predicted molar refractivity (Wildman–Crippen MR) is 52.1 cm³/mol. The van der Waals surface area contributed by atoms with Crippen LogP contribution >= 0.6 is 0 Å². The summed E-state index contributed by atoms with van der Waals surface area (Å²) >= 11 is 0. The smallest absolute Gasteiger partial charge is 0.236 e. The van der Waals surface area contributed by atoms with Crippen molar-refractivity contribution in [3.8, 4) is 11.8 Å². The molecule has 3 heteroatoms. The molecule has 0 aromatic rings.